The Hall–Kier alpha value is -1.63. The zero-order valence-electron chi connectivity index (χ0n) is 10.3. The second-order valence-corrected chi connectivity index (χ2v) is 5.04. The van der Waals surface area contributed by atoms with Gasteiger partial charge in [-0.25, -0.2) is 22.0 Å². The maximum absolute atomic E-state index is 13.6. The highest BCUT2D eigenvalue weighted by molar-refractivity contribution is 7.10. The van der Waals surface area contributed by atoms with Gasteiger partial charge in [0.1, 0.15) is 5.69 Å². The smallest absolute Gasteiger partial charge is 0.200 e. The number of rotatable bonds is 4. The monoisotopic (exact) mass is 307 g/mol. The maximum Gasteiger partial charge on any atom is 0.200 e. The molecule has 0 radical (unpaired) electrons. The van der Waals surface area contributed by atoms with Crippen LogP contribution in [0.15, 0.2) is 17.5 Å². The molecule has 20 heavy (non-hydrogen) atoms. The Bertz CT molecular complexity index is 583. The lowest BCUT2D eigenvalue weighted by Crippen LogP contribution is -2.14. The summed E-state index contributed by atoms with van der Waals surface area (Å²) >= 11 is 1.33. The molecule has 1 atom stereocenters. The van der Waals surface area contributed by atoms with Crippen LogP contribution in [0.1, 0.15) is 24.3 Å². The zero-order valence-corrected chi connectivity index (χ0v) is 11.1. The topological polar surface area (TPSA) is 12.0 Å². The Kier molecular flexibility index (Phi) is 4.27. The van der Waals surface area contributed by atoms with Gasteiger partial charge in [-0.1, -0.05) is 13.0 Å². The van der Waals surface area contributed by atoms with Gasteiger partial charge in [0.2, 0.25) is 5.82 Å². The quantitative estimate of drug-likeness (QED) is 0.476. The van der Waals surface area contributed by atoms with Gasteiger partial charge in [0.25, 0.3) is 0 Å². The first-order valence-electron chi connectivity index (χ1n) is 5.78. The first-order valence-corrected chi connectivity index (χ1v) is 6.66. The first-order chi connectivity index (χ1) is 9.47. The second-order valence-electron chi connectivity index (χ2n) is 4.07. The Morgan fingerprint density at radius 2 is 1.55 bits per heavy atom. The van der Waals surface area contributed by atoms with Crippen LogP contribution in [0.5, 0.6) is 0 Å². The van der Waals surface area contributed by atoms with E-state index in [4.69, 9.17) is 0 Å². The highest BCUT2D eigenvalue weighted by Gasteiger charge is 2.27. The zero-order chi connectivity index (χ0) is 14.9. The molecule has 1 aromatic carbocycles. The molecular formula is C13H10F5NS. The van der Waals surface area contributed by atoms with Crippen LogP contribution in [-0.4, -0.2) is 0 Å². The van der Waals surface area contributed by atoms with Gasteiger partial charge in [-0.05, 0) is 17.9 Å². The van der Waals surface area contributed by atoms with Crippen LogP contribution < -0.4 is 5.32 Å². The molecule has 7 heteroatoms. The highest BCUT2D eigenvalue weighted by Crippen LogP contribution is 2.32. The fraction of sp³-hybridized carbons (Fsp3) is 0.231. The van der Waals surface area contributed by atoms with E-state index in [1.807, 2.05) is 0 Å². The van der Waals surface area contributed by atoms with E-state index in [1.54, 1.807) is 24.4 Å². The molecule has 1 nitrogen and oxygen atoms in total. The summed E-state index contributed by atoms with van der Waals surface area (Å²) in [5, 5.41) is 4.15. The summed E-state index contributed by atoms with van der Waals surface area (Å²) in [6, 6.07) is 2.93. The number of benzene rings is 1. The third-order valence-electron chi connectivity index (χ3n) is 2.82. The minimum Gasteiger partial charge on any atom is -0.373 e. The van der Waals surface area contributed by atoms with Crippen LogP contribution in [0.2, 0.25) is 0 Å². The molecule has 0 aliphatic heterocycles. The molecule has 2 aromatic rings. The van der Waals surface area contributed by atoms with E-state index in [2.05, 4.69) is 5.32 Å². The van der Waals surface area contributed by atoms with E-state index in [-0.39, 0.29) is 0 Å². The van der Waals surface area contributed by atoms with Crippen molar-refractivity contribution in [1.82, 2.24) is 0 Å². The van der Waals surface area contributed by atoms with Gasteiger partial charge in [0.05, 0.1) is 6.04 Å². The maximum atomic E-state index is 13.6. The molecule has 0 saturated heterocycles. The van der Waals surface area contributed by atoms with Crippen molar-refractivity contribution >= 4 is 17.0 Å². The molecule has 0 saturated carbocycles. The predicted molar refractivity (Wildman–Crippen MR) is 67.2 cm³/mol. The largest absolute Gasteiger partial charge is 0.373 e. The van der Waals surface area contributed by atoms with Crippen LogP contribution >= 0.6 is 11.3 Å². The van der Waals surface area contributed by atoms with Crippen LogP contribution in [0.4, 0.5) is 27.6 Å². The lowest BCUT2D eigenvalue weighted by atomic mass is 10.1. The van der Waals surface area contributed by atoms with Crippen molar-refractivity contribution in [2.24, 2.45) is 0 Å². The van der Waals surface area contributed by atoms with Crippen molar-refractivity contribution in [2.75, 3.05) is 5.32 Å². The van der Waals surface area contributed by atoms with Crippen molar-refractivity contribution in [2.45, 2.75) is 19.4 Å². The van der Waals surface area contributed by atoms with E-state index < -0.39 is 40.8 Å². The number of halogens is 5. The molecule has 108 valence electrons. The van der Waals surface area contributed by atoms with Crippen LogP contribution in [0, 0.1) is 29.1 Å². The van der Waals surface area contributed by atoms with Crippen molar-refractivity contribution in [3.05, 3.63) is 51.5 Å². The van der Waals surface area contributed by atoms with Gasteiger partial charge in [0.15, 0.2) is 23.3 Å². The molecular weight excluding hydrogens is 297 g/mol. The second kappa shape index (κ2) is 5.78. The van der Waals surface area contributed by atoms with E-state index in [0.717, 1.165) is 4.88 Å². The number of hydrogen-bond acceptors (Lipinski definition) is 2. The van der Waals surface area contributed by atoms with Gasteiger partial charge in [-0.3, -0.25) is 0 Å². The van der Waals surface area contributed by atoms with Crippen LogP contribution in [0.25, 0.3) is 0 Å². The fourth-order valence-electron chi connectivity index (χ4n) is 1.77. The van der Waals surface area contributed by atoms with E-state index in [0.29, 0.717) is 6.42 Å². The van der Waals surface area contributed by atoms with Gasteiger partial charge >= 0.3 is 0 Å². The van der Waals surface area contributed by atoms with Crippen molar-refractivity contribution in [1.29, 1.82) is 0 Å². The molecule has 0 spiro atoms. The minimum atomic E-state index is -2.16. The number of nitrogens with one attached hydrogen (secondary N) is 1. The molecule has 0 aliphatic rings. The Balaban J connectivity index is 2.43. The fourth-order valence-corrected chi connectivity index (χ4v) is 2.63. The Labute approximate surface area is 116 Å². The molecule has 2 rings (SSSR count). The molecule has 1 heterocycles. The van der Waals surface area contributed by atoms with Gasteiger partial charge in [-0.15, -0.1) is 11.3 Å². The summed E-state index contributed by atoms with van der Waals surface area (Å²) < 4.78 is 66.3. The van der Waals surface area contributed by atoms with Gasteiger partial charge in [0, 0.05) is 4.88 Å². The van der Waals surface area contributed by atoms with Crippen LogP contribution in [-0.2, 0) is 0 Å². The molecule has 1 N–H and O–H groups in total. The van der Waals surface area contributed by atoms with Crippen molar-refractivity contribution in [3.8, 4) is 0 Å². The highest BCUT2D eigenvalue weighted by atomic mass is 32.1. The molecule has 1 unspecified atom stereocenters. The van der Waals surface area contributed by atoms with Gasteiger partial charge < -0.3 is 5.32 Å². The first kappa shape index (κ1) is 14.8. The lowest BCUT2D eigenvalue weighted by molar-refractivity contribution is 0.380. The molecule has 0 bridgehead atoms. The standard InChI is InChI=1S/C13H10F5NS/c1-2-6(7-4-3-5-20-7)19-13-11(17)9(15)8(14)10(16)12(13)18/h3-6,19H,2H2,1H3. The van der Waals surface area contributed by atoms with E-state index >= 15 is 0 Å². The average Bonchev–Trinajstić information content (AvgIpc) is 2.97. The summed E-state index contributed by atoms with van der Waals surface area (Å²) in [7, 11) is 0. The third-order valence-corrected chi connectivity index (χ3v) is 3.81. The number of hydrogen-bond donors (Lipinski definition) is 1. The molecule has 0 aliphatic carbocycles. The number of anilines is 1. The Morgan fingerprint density at radius 3 is 2.00 bits per heavy atom. The number of thiophene rings is 1. The summed E-state index contributed by atoms with van der Waals surface area (Å²) in [6.45, 7) is 1.74. The summed E-state index contributed by atoms with van der Waals surface area (Å²) in [4.78, 5) is 0.747. The van der Waals surface area contributed by atoms with Gasteiger partial charge in [-0.2, -0.15) is 0 Å². The summed E-state index contributed by atoms with van der Waals surface area (Å²) in [5.41, 5.74) is -0.998. The van der Waals surface area contributed by atoms with Crippen molar-refractivity contribution < 1.29 is 22.0 Å². The predicted octanol–water partition coefficient (Wildman–Crippen LogP) is 5.01. The SMILES string of the molecule is CCC(Nc1c(F)c(F)c(F)c(F)c1F)c1cccs1. The molecule has 1 aromatic heterocycles. The third kappa shape index (κ3) is 2.49. The van der Waals surface area contributed by atoms with E-state index in [9.17, 15) is 22.0 Å². The molecule has 0 amide bonds. The Morgan fingerprint density at radius 1 is 1.00 bits per heavy atom. The minimum absolute atomic E-state index is 0.431. The van der Waals surface area contributed by atoms with E-state index in [1.165, 1.54) is 11.3 Å². The molecule has 0 fully saturated rings. The summed E-state index contributed by atoms with van der Waals surface area (Å²) in [6.07, 6.45) is 0.431. The summed E-state index contributed by atoms with van der Waals surface area (Å²) in [5.74, 6) is -9.76. The lowest BCUT2D eigenvalue weighted by Gasteiger charge is -2.18. The average molecular weight is 307 g/mol. The van der Waals surface area contributed by atoms with Crippen molar-refractivity contribution in [3.63, 3.8) is 0 Å². The normalized spacial score (nSPS) is 12.5. The van der Waals surface area contributed by atoms with Crippen LogP contribution in [0.3, 0.4) is 0 Å².